The molecule has 0 N–H and O–H groups in total. The van der Waals surface area contributed by atoms with Gasteiger partial charge in [-0.1, -0.05) is 0 Å². The van der Waals surface area contributed by atoms with Gasteiger partial charge in [0.2, 0.25) is 0 Å². The monoisotopic (exact) mass is 268 g/mol. The van der Waals surface area contributed by atoms with Crippen LogP contribution < -0.4 is 0 Å². The predicted octanol–water partition coefficient (Wildman–Crippen LogP) is 4.83. The van der Waals surface area contributed by atoms with Crippen molar-refractivity contribution in [2.45, 2.75) is 51.4 Å². The molecule has 14 heavy (non-hydrogen) atoms. The van der Waals surface area contributed by atoms with E-state index in [2.05, 4.69) is 27.5 Å². The van der Waals surface area contributed by atoms with Gasteiger partial charge in [0.25, 0.3) is 0 Å². The quantitative estimate of drug-likeness (QED) is 0.673. The third-order valence-corrected chi connectivity index (χ3v) is 15.6. The van der Waals surface area contributed by atoms with Crippen LogP contribution in [0.25, 0.3) is 0 Å². The molecule has 0 nitrogen and oxygen atoms in total. The average Bonchev–Trinajstić information content (AvgIpc) is 2.72. The van der Waals surface area contributed by atoms with E-state index in [9.17, 15) is 0 Å². The molecule has 1 heteroatoms. The summed E-state index contributed by atoms with van der Waals surface area (Å²) in [5, 5.41) is 0. The minimum atomic E-state index is -1.85. The van der Waals surface area contributed by atoms with E-state index in [1.807, 2.05) is 3.28 Å². The summed E-state index contributed by atoms with van der Waals surface area (Å²) in [4.78, 5) is 0. The summed E-state index contributed by atoms with van der Waals surface area (Å²) in [6.07, 6.45) is 15.9. The van der Waals surface area contributed by atoms with Crippen LogP contribution in [0.1, 0.15) is 38.5 Å². The van der Waals surface area contributed by atoms with Crippen molar-refractivity contribution >= 4 is 0 Å². The molecule has 0 aliphatic heterocycles. The van der Waals surface area contributed by atoms with Crippen LogP contribution in [0.5, 0.6) is 0 Å². The molecule has 2 rings (SSSR count). The molecular weight excluding hydrogens is 247 g/mol. The van der Waals surface area contributed by atoms with Gasteiger partial charge in [0.15, 0.2) is 0 Å². The molecule has 0 aromatic carbocycles. The van der Waals surface area contributed by atoms with Crippen molar-refractivity contribution in [1.29, 1.82) is 0 Å². The SMILES string of the molecule is [CH3][Zr]([CH3])([C]1=CC=CC1)[CH]1CCCCC1. The number of rotatable bonds is 2. The molecule has 0 unspecified atom stereocenters. The van der Waals surface area contributed by atoms with Gasteiger partial charge in [-0.25, -0.2) is 0 Å². The van der Waals surface area contributed by atoms with Gasteiger partial charge in [-0.2, -0.15) is 0 Å². The Morgan fingerprint density at radius 1 is 1.14 bits per heavy atom. The Labute approximate surface area is 92.9 Å². The van der Waals surface area contributed by atoms with Gasteiger partial charge in [0.1, 0.15) is 0 Å². The third kappa shape index (κ3) is 2.13. The van der Waals surface area contributed by atoms with E-state index in [1.165, 1.54) is 25.7 Å². The Morgan fingerprint density at radius 2 is 1.86 bits per heavy atom. The Bertz CT molecular complexity index is 254. The second-order valence-corrected chi connectivity index (χ2v) is 17.4. The molecule has 78 valence electrons. The van der Waals surface area contributed by atoms with Crippen LogP contribution in [0.2, 0.25) is 12.9 Å². The van der Waals surface area contributed by atoms with Crippen LogP contribution in [0.3, 0.4) is 0 Å². The van der Waals surface area contributed by atoms with Crippen LogP contribution >= 0.6 is 0 Å². The zero-order chi connectivity index (χ0) is 10.0. The second-order valence-electron chi connectivity index (χ2n) is 5.38. The Morgan fingerprint density at radius 3 is 2.43 bits per heavy atom. The van der Waals surface area contributed by atoms with Crippen LogP contribution in [0, 0.1) is 0 Å². The summed E-state index contributed by atoms with van der Waals surface area (Å²) in [5.74, 6) is 0. The van der Waals surface area contributed by atoms with Gasteiger partial charge in [0, 0.05) is 0 Å². The molecule has 0 heterocycles. The molecule has 0 aromatic rings. The summed E-state index contributed by atoms with van der Waals surface area (Å²) in [6.45, 7) is 0. The van der Waals surface area contributed by atoms with Crippen molar-refractivity contribution in [3.05, 3.63) is 21.5 Å². The molecule has 0 bridgehead atoms. The topological polar surface area (TPSA) is 0 Å². The summed E-state index contributed by atoms with van der Waals surface area (Å²) >= 11 is -1.85. The van der Waals surface area contributed by atoms with Gasteiger partial charge in [0.05, 0.1) is 0 Å². The van der Waals surface area contributed by atoms with E-state index in [-0.39, 0.29) is 0 Å². The average molecular weight is 270 g/mol. The van der Waals surface area contributed by atoms with Gasteiger partial charge in [-0.3, -0.25) is 0 Å². The molecule has 0 radical (unpaired) electrons. The van der Waals surface area contributed by atoms with E-state index in [0.717, 1.165) is 3.63 Å². The standard InChI is InChI=1S/C6H11.C5H5.2CH3.Zr/c1-2-4-6-5-3-1;1-2-4-5-3-1;;;/h1H,2-6H2;1-3H,4H2;2*1H3;. The Hall–Kier alpha value is 0.363. The second kappa shape index (κ2) is 4.48. The van der Waals surface area contributed by atoms with Gasteiger partial charge in [-0.15, -0.1) is 0 Å². The van der Waals surface area contributed by atoms with Crippen molar-refractivity contribution in [2.75, 3.05) is 0 Å². The maximum atomic E-state index is 2.66. The Balaban J connectivity index is 2.06. The minimum absolute atomic E-state index is 1.14. The summed E-state index contributed by atoms with van der Waals surface area (Å²) in [5.41, 5.74) is 0. The van der Waals surface area contributed by atoms with E-state index in [0.29, 0.717) is 0 Å². The van der Waals surface area contributed by atoms with E-state index in [1.54, 1.807) is 12.8 Å². The molecule has 0 saturated heterocycles. The van der Waals surface area contributed by atoms with Crippen molar-refractivity contribution in [2.24, 2.45) is 0 Å². The first-order valence-electron chi connectivity index (χ1n) is 6.07. The van der Waals surface area contributed by atoms with E-state index >= 15 is 0 Å². The first kappa shape index (κ1) is 10.9. The summed E-state index contributed by atoms with van der Waals surface area (Å²) < 4.78 is 8.32. The molecule has 2 aliphatic carbocycles. The molecule has 0 aromatic heterocycles. The number of hydrogen-bond donors (Lipinski definition) is 0. The van der Waals surface area contributed by atoms with Crippen molar-refractivity contribution in [3.8, 4) is 0 Å². The van der Waals surface area contributed by atoms with E-state index in [4.69, 9.17) is 0 Å². The van der Waals surface area contributed by atoms with E-state index < -0.39 is 20.3 Å². The zero-order valence-electron chi connectivity index (χ0n) is 9.55. The summed E-state index contributed by atoms with van der Waals surface area (Å²) in [7, 11) is 0. The molecule has 1 saturated carbocycles. The summed E-state index contributed by atoms with van der Waals surface area (Å²) in [6, 6.07) is 0. The number of hydrogen-bond acceptors (Lipinski definition) is 0. The molecule has 0 spiro atoms. The van der Waals surface area contributed by atoms with Crippen LogP contribution in [0.15, 0.2) is 21.5 Å². The fraction of sp³-hybridized carbons (Fsp3) is 0.692. The molecular formula is C13H22Zr. The molecule has 0 amide bonds. The van der Waals surface area contributed by atoms with Gasteiger partial charge in [-0.05, 0) is 0 Å². The molecule has 0 atom stereocenters. The first-order valence-corrected chi connectivity index (χ1v) is 13.6. The maximum absolute atomic E-state index is 2.66. The molecule has 1 fully saturated rings. The first-order chi connectivity index (χ1) is 6.71. The number of allylic oxidation sites excluding steroid dienone is 4. The fourth-order valence-electron chi connectivity index (χ4n) is 3.01. The zero-order valence-corrected chi connectivity index (χ0v) is 12.0. The van der Waals surface area contributed by atoms with Crippen LogP contribution in [0.4, 0.5) is 0 Å². The van der Waals surface area contributed by atoms with Gasteiger partial charge >= 0.3 is 93.2 Å². The van der Waals surface area contributed by atoms with Crippen molar-refractivity contribution in [1.82, 2.24) is 0 Å². The van der Waals surface area contributed by atoms with Gasteiger partial charge < -0.3 is 0 Å². The Kier molecular flexibility index (Phi) is 3.47. The van der Waals surface area contributed by atoms with Crippen LogP contribution in [-0.4, -0.2) is 0 Å². The van der Waals surface area contributed by atoms with Crippen molar-refractivity contribution < 1.29 is 20.3 Å². The van der Waals surface area contributed by atoms with Crippen LogP contribution in [-0.2, 0) is 20.3 Å². The normalized spacial score (nSPS) is 24.0. The predicted molar refractivity (Wildman–Crippen MR) is 60.4 cm³/mol. The molecule has 2 aliphatic rings. The van der Waals surface area contributed by atoms with Crippen molar-refractivity contribution in [3.63, 3.8) is 0 Å². The third-order valence-electron chi connectivity index (χ3n) is 4.22. The fourth-order valence-corrected chi connectivity index (χ4v) is 11.7.